The van der Waals surface area contributed by atoms with Crippen molar-refractivity contribution in [2.75, 3.05) is 38.2 Å². The molecule has 0 radical (unpaired) electrons. The van der Waals surface area contributed by atoms with Gasteiger partial charge in [-0.25, -0.2) is 17.2 Å². The molecule has 1 aliphatic heterocycles. The van der Waals surface area contributed by atoms with Crippen LogP contribution in [-0.4, -0.2) is 46.0 Å². The lowest BCUT2D eigenvalue weighted by molar-refractivity contribution is 0.373. The fourth-order valence-corrected chi connectivity index (χ4v) is 4.81. The van der Waals surface area contributed by atoms with E-state index in [4.69, 9.17) is 4.74 Å². The Hall–Kier alpha value is -2.19. The molecule has 2 aromatic carbocycles. The van der Waals surface area contributed by atoms with Crippen LogP contribution in [0.15, 0.2) is 35.2 Å². The third kappa shape index (κ3) is 3.77. The fraction of sp³-hybridized carbons (Fsp3) is 0.368. The van der Waals surface area contributed by atoms with Crippen molar-refractivity contribution in [1.29, 1.82) is 0 Å². The largest absolute Gasteiger partial charge is 0.495 e. The summed E-state index contributed by atoms with van der Waals surface area (Å²) in [5.74, 6) is -0.980. The van der Waals surface area contributed by atoms with Crippen LogP contribution in [0, 0.1) is 25.5 Å². The molecule has 5 nitrogen and oxygen atoms in total. The van der Waals surface area contributed by atoms with Gasteiger partial charge < -0.3 is 9.64 Å². The molecular weight excluding hydrogens is 374 g/mol. The van der Waals surface area contributed by atoms with E-state index in [1.807, 2.05) is 13.8 Å². The molecule has 0 amide bonds. The second-order valence-corrected chi connectivity index (χ2v) is 8.48. The second kappa shape index (κ2) is 7.44. The molecule has 1 heterocycles. The number of piperazine rings is 1. The van der Waals surface area contributed by atoms with Crippen LogP contribution >= 0.6 is 0 Å². The van der Waals surface area contributed by atoms with E-state index in [9.17, 15) is 17.2 Å². The van der Waals surface area contributed by atoms with E-state index in [-0.39, 0.29) is 23.7 Å². The van der Waals surface area contributed by atoms with E-state index >= 15 is 0 Å². The van der Waals surface area contributed by atoms with E-state index in [1.54, 1.807) is 17.0 Å². The lowest BCUT2D eigenvalue weighted by Crippen LogP contribution is -2.49. The van der Waals surface area contributed by atoms with Crippen molar-refractivity contribution in [3.63, 3.8) is 0 Å². The number of sulfonamides is 1. The Morgan fingerprint density at radius 1 is 0.963 bits per heavy atom. The van der Waals surface area contributed by atoms with Crippen molar-refractivity contribution in [3.8, 4) is 5.75 Å². The lowest BCUT2D eigenvalue weighted by atomic mass is 10.1. The normalized spacial score (nSPS) is 15.8. The Morgan fingerprint density at radius 3 is 2.19 bits per heavy atom. The molecule has 1 aliphatic rings. The van der Waals surface area contributed by atoms with E-state index in [2.05, 4.69) is 0 Å². The zero-order chi connectivity index (χ0) is 19.8. The molecule has 0 aromatic heterocycles. The van der Waals surface area contributed by atoms with Gasteiger partial charge >= 0.3 is 0 Å². The molecule has 0 aliphatic carbocycles. The zero-order valence-corrected chi connectivity index (χ0v) is 16.3. The molecule has 146 valence electrons. The van der Waals surface area contributed by atoms with Crippen LogP contribution in [0.2, 0.25) is 0 Å². The SMILES string of the molecule is COc1cc(C)c(C)cc1S(=O)(=O)N1CCN(c2ccc(F)cc2F)CC1. The summed E-state index contributed by atoms with van der Waals surface area (Å²) in [6.07, 6.45) is 0. The summed E-state index contributed by atoms with van der Waals surface area (Å²) < 4.78 is 59.9. The molecule has 0 atom stereocenters. The highest BCUT2D eigenvalue weighted by Gasteiger charge is 2.31. The average Bonchev–Trinajstić information content (AvgIpc) is 2.63. The Kier molecular flexibility index (Phi) is 5.39. The molecule has 1 fully saturated rings. The highest BCUT2D eigenvalue weighted by molar-refractivity contribution is 7.89. The highest BCUT2D eigenvalue weighted by Crippen LogP contribution is 2.31. The number of halogens is 2. The van der Waals surface area contributed by atoms with Gasteiger partial charge in [-0.1, -0.05) is 0 Å². The lowest BCUT2D eigenvalue weighted by Gasteiger charge is -2.35. The summed E-state index contributed by atoms with van der Waals surface area (Å²) >= 11 is 0. The van der Waals surface area contributed by atoms with Gasteiger partial charge in [0.15, 0.2) is 0 Å². The Bertz CT molecular complexity index is 956. The Balaban J connectivity index is 1.82. The van der Waals surface area contributed by atoms with Gasteiger partial charge in [-0.05, 0) is 49.2 Å². The summed E-state index contributed by atoms with van der Waals surface area (Å²) in [6.45, 7) is 4.78. The number of rotatable bonds is 4. The quantitative estimate of drug-likeness (QED) is 0.797. The first-order valence-corrected chi connectivity index (χ1v) is 10.0. The maximum Gasteiger partial charge on any atom is 0.246 e. The Morgan fingerprint density at radius 2 is 1.59 bits per heavy atom. The average molecular weight is 396 g/mol. The van der Waals surface area contributed by atoms with Gasteiger partial charge in [0, 0.05) is 32.2 Å². The molecule has 0 saturated carbocycles. The van der Waals surface area contributed by atoms with Crippen LogP contribution in [-0.2, 0) is 10.0 Å². The molecular formula is C19H22F2N2O3S. The van der Waals surface area contributed by atoms with Crippen LogP contribution in [0.3, 0.4) is 0 Å². The van der Waals surface area contributed by atoms with Gasteiger partial charge in [0.2, 0.25) is 10.0 Å². The predicted molar refractivity (Wildman–Crippen MR) is 99.8 cm³/mol. The van der Waals surface area contributed by atoms with Crippen LogP contribution in [0.25, 0.3) is 0 Å². The molecule has 27 heavy (non-hydrogen) atoms. The standard InChI is InChI=1S/C19H22F2N2O3S/c1-13-10-18(26-3)19(11-14(13)2)27(24,25)23-8-6-22(7-9-23)17-5-4-15(20)12-16(17)21/h4-5,10-12H,6-9H2,1-3H3. The van der Waals surface area contributed by atoms with Gasteiger partial charge in [-0.15, -0.1) is 0 Å². The zero-order valence-electron chi connectivity index (χ0n) is 15.5. The molecule has 0 bridgehead atoms. The molecule has 1 saturated heterocycles. The van der Waals surface area contributed by atoms with Gasteiger partial charge in [0.25, 0.3) is 0 Å². The van der Waals surface area contributed by atoms with Crippen LogP contribution < -0.4 is 9.64 Å². The maximum absolute atomic E-state index is 14.0. The van der Waals surface area contributed by atoms with Crippen molar-refractivity contribution in [2.24, 2.45) is 0 Å². The number of anilines is 1. The summed E-state index contributed by atoms with van der Waals surface area (Å²) in [4.78, 5) is 1.85. The molecule has 0 spiro atoms. The number of ether oxygens (including phenoxy) is 1. The third-order valence-electron chi connectivity index (χ3n) is 4.89. The first-order chi connectivity index (χ1) is 12.7. The molecule has 3 rings (SSSR count). The molecule has 2 aromatic rings. The number of aryl methyl sites for hydroxylation is 2. The van der Waals surface area contributed by atoms with Gasteiger partial charge in [0.1, 0.15) is 22.3 Å². The fourth-order valence-electron chi connectivity index (χ4n) is 3.17. The minimum atomic E-state index is -3.74. The van der Waals surface area contributed by atoms with E-state index in [0.29, 0.717) is 18.8 Å². The predicted octanol–water partition coefficient (Wildman–Crippen LogP) is 3.10. The van der Waals surface area contributed by atoms with Crippen molar-refractivity contribution in [3.05, 3.63) is 53.1 Å². The van der Waals surface area contributed by atoms with Crippen molar-refractivity contribution in [1.82, 2.24) is 4.31 Å². The smallest absolute Gasteiger partial charge is 0.246 e. The number of hydrogen-bond acceptors (Lipinski definition) is 4. The molecule has 0 unspecified atom stereocenters. The van der Waals surface area contributed by atoms with Crippen LogP contribution in [0.1, 0.15) is 11.1 Å². The minimum Gasteiger partial charge on any atom is -0.495 e. The van der Waals surface area contributed by atoms with Gasteiger partial charge in [-0.3, -0.25) is 0 Å². The summed E-state index contributed by atoms with van der Waals surface area (Å²) in [7, 11) is -2.30. The first kappa shape index (κ1) is 19.6. The topological polar surface area (TPSA) is 49.9 Å². The second-order valence-electron chi connectivity index (χ2n) is 6.57. The number of nitrogens with zero attached hydrogens (tertiary/aromatic N) is 2. The van der Waals surface area contributed by atoms with Gasteiger partial charge in [-0.2, -0.15) is 4.31 Å². The number of methoxy groups -OCH3 is 1. The van der Waals surface area contributed by atoms with Crippen molar-refractivity contribution < 1.29 is 21.9 Å². The van der Waals surface area contributed by atoms with Crippen molar-refractivity contribution >= 4 is 15.7 Å². The van der Waals surface area contributed by atoms with E-state index in [0.717, 1.165) is 17.2 Å². The summed E-state index contributed by atoms with van der Waals surface area (Å²) in [5, 5.41) is 0. The van der Waals surface area contributed by atoms with Gasteiger partial charge in [0.05, 0.1) is 12.8 Å². The monoisotopic (exact) mass is 396 g/mol. The number of hydrogen-bond donors (Lipinski definition) is 0. The Labute approximate surface area is 158 Å². The van der Waals surface area contributed by atoms with Crippen molar-refractivity contribution in [2.45, 2.75) is 18.7 Å². The van der Waals surface area contributed by atoms with Crippen LogP contribution in [0.4, 0.5) is 14.5 Å². The number of benzene rings is 2. The first-order valence-electron chi connectivity index (χ1n) is 8.59. The molecule has 0 N–H and O–H groups in total. The third-order valence-corrected chi connectivity index (χ3v) is 6.81. The minimum absolute atomic E-state index is 0.134. The molecule has 8 heteroatoms. The maximum atomic E-state index is 14.0. The summed E-state index contributed by atoms with van der Waals surface area (Å²) in [6, 6.07) is 6.74. The highest BCUT2D eigenvalue weighted by atomic mass is 32.2. The van der Waals surface area contributed by atoms with Crippen LogP contribution in [0.5, 0.6) is 5.75 Å². The van der Waals surface area contributed by atoms with E-state index in [1.165, 1.54) is 23.5 Å². The summed E-state index contributed by atoms with van der Waals surface area (Å²) in [5.41, 5.74) is 2.08. The van der Waals surface area contributed by atoms with E-state index < -0.39 is 21.7 Å².